The smallest absolute Gasteiger partial charge is 0.130 e. The van der Waals surface area contributed by atoms with E-state index >= 15 is 0 Å². The fourth-order valence-electron chi connectivity index (χ4n) is 1.32. The Bertz CT molecular complexity index is 457. The number of nitrogens with one attached hydrogen (secondary N) is 1. The number of aromatic nitrogens is 1. The molecule has 0 fully saturated rings. The van der Waals surface area contributed by atoms with E-state index in [1.807, 2.05) is 0 Å². The summed E-state index contributed by atoms with van der Waals surface area (Å²) >= 11 is 0. The zero-order chi connectivity index (χ0) is 11.4. The number of halogens is 2. The van der Waals surface area contributed by atoms with E-state index in [2.05, 4.69) is 15.0 Å². The Morgan fingerprint density at radius 3 is 2.75 bits per heavy atom. The highest BCUT2D eigenvalue weighted by atomic mass is 19.1. The van der Waals surface area contributed by atoms with Crippen LogP contribution in [0.4, 0.5) is 8.78 Å². The maximum atomic E-state index is 13.2. The first-order valence-corrected chi connectivity index (χ1v) is 4.79. The molecular weight excluding hydrogens is 214 g/mol. The van der Waals surface area contributed by atoms with Crippen LogP contribution in [0.2, 0.25) is 0 Å². The monoisotopic (exact) mass is 224 g/mol. The molecule has 5 heteroatoms. The molecular formula is C11H10F2N2O. The summed E-state index contributed by atoms with van der Waals surface area (Å²) in [5.41, 5.74) is 1.16. The zero-order valence-electron chi connectivity index (χ0n) is 8.41. The Morgan fingerprint density at radius 1 is 1.19 bits per heavy atom. The third-order valence-electron chi connectivity index (χ3n) is 2.13. The van der Waals surface area contributed by atoms with Crippen LogP contribution < -0.4 is 5.32 Å². The first-order chi connectivity index (χ1) is 7.75. The second kappa shape index (κ2) is 4.85. The summed E-state index contributed by atoms with van der Waals surface area (Å²) in [5.74, 6) is -1.12. The van der Waals surface area contributed by atoms with Gasteiger partial charge in [-0.15, -0.1) is 0 Å². The molecule has 0 aliphatic carbocycles. The normalized spacial score (nSPS) is 10.6. The van der Waals surface area contributed by atoms with E-state index in [9.17, 15) is 8.78 Å². The second-order valence-corrected chi connectivity index (χ2v) is 3.33. The van der Waals surface area contributed by atoms with Crippen LogP contribution in [0.15, 0.2) is 35.1 Å². The third-order valence-corrected chi connectivity index (χ3v) is 2.13. The number of hydrogen-bond donors (Lipinski definition) is 1. The summed E-state index contributed by atoms with van der Waals surface area (Å²) in [6, 6.07) is 5.23. The summed E-state index contributed by atoms with van der Waals surface area (Å²) in [6.45, 7) is 0.798. The van der Waals surface area contributed by atoms with Gasteiger partial charge in [0.25, 0.3) is 0 Å². The van der Waals surface area contributed by atoms with Crippen LogP contribution in [-0.4, -0.2) is 5.16 Å². The predicted octanol–water partition coefficient (Wildman–Crippen LogP) is 2.24. The molecule has 0 unspecified atom stereocenters. The van der Waals surface area contributed by atoms with Crippen molar-refractivity contribution in [3.05, 3.63) is 53.4 Å². The van der Waals surface area contributed by atoms with Gasteiger partial charge in [-0.1, -0.05) is 11.2 Å². The molecule has 2 aromatic rings. The standard InChI is InChI=1S/C11H10F2N2O/c12-9-2-1-8(11(13)5-9)6-14-7-10-3-4-16-15-10/h1-5,14H,6-7H2. The number of hydrogen-bond acceptors (Lipinski definition) is 3. The molecule has 0 aliphatic heterocycles. The quantitative estimate of drug-likeness (QED) is 0.865. The van der Waals surface area contributed by atoms with Crippen molar-refractivity contribution < 1.29 is 13.3 Å². The second-order valence-electron chi connectivity index (χ2n) is 3.33. The van der Waals surface area contributed by atoms with E-state index < -0.39 is 11.6 Å². The molecule has 0 spiro atoms. The van der Waals surface area contributed by atoms with Gasteiger partial charge in [-0.25, -0.2) is 8.78 Å². The van der Waals surface area contributed by atoms with Crippen molar-refractivity contribution in [3.63, 3.8) is 0 Å². The molecule has 0 bridgehead atoms. The molecule has 16 heavy (non-hydrogen) atoms. The van der Waals surface area contributed by atoms with Gasteiger partial charge in [0.2, 0.25) is 0 Å². The molecule has 1 heterocycles. The lowest BCUT2D eigenvalue weighted by Crippen LogP contribution is -2.14. The maximum Gasteiger partial charge on any atom is 0.130 e. The molecule has 3 nitrogen and oxygen atoms in total. The number of rotatable bonds is 4. The highest BCUT2D eigenvalue weighted by molar-refractivity contribution is 5.18. The van der Waals surface area contributed by atoms with E-state index in [1.54, 1.807) is 6.07 Å². The topological polar surface area (TPSA) is 38.1 Å². The van der Waals surface area contributed by atoms with Crippen molar-refractivity contribution in [2.24, 2.45) is 0 Å². The van der Waals surface area contributed by atoms with Gasteiger partial charge in [0.1, 0.15) is 17.9 Å². The fraction of sp³-hybridized carbons (Fsp3) is 0.182. The van der Waals surface area contributed by atoms with E-state index in [1.165, 1.54) is 18.4 Å². The molecule has 0 saturated heterocycles. The van der Waals surface area contributed by atoms with Gasteiger partial charge >= 0.3 is 0 Å². The van der Waals surface area contributed by atoms with Gasteiger partial charge in [0.15, 0.2) is 0 Å². The van der Waals surface area contributed by atoms with Crippen LogP contribution in [0.1, 0.15) is 11.3 Å². The summed E-state index contributed by atoms with van der Waals surface area (Å²) < 4.78 is 30.5. The molecule has 0 amide bonds. The minimum Gasteiger partial charge on any atom is -0.364 e. The highest BCUT2D eigenvalue weighted by Crippen LogP contribution is 2.09. The van der Waals surface area contributed by atoms with Gasteiger partial charge in [-0.05, 0) is 6.07 Å². The van der Waals surface area contributed by atoms with Gasteiger partial charge in [-0.3, -0.25) is 0 Å². The Balaban J connectivity index is 1.90. The lowest BCUT2D eigenvalue weighted by atomic mass is 10.2. The summed E-state index contributed by atoms with van der Waals surface area (Å²) in [7, 11) is 0. The molecule has 0 saturated carbocycles. The van der Waals surface area contributed by atoms with Crippen LogP contribution in [0.3, 0.4) is 0 Å². The number of nitrogens with zero attached hydrogens (tertiary/aromatic N) is 1. The van der Waals surface area contributed by atoms with E-state index in [0.717, 1.165) is 11.8 Å². The van der Waals surface area contributed by atoms with Crippen LogP contribution in [-0.2, 0) is 13.1 Å². The van der Waals surface area contributed by atoms with Crippen molar-refractivity contribution in [1.82, 2.24) is 10.5 Å². The summed E-state index contributed by atoms with van der Waals surface area (Å²) in [6.07, 6.45) is 1.47. The Morgan fingerprint density at radius 2 is 2.06 bits per heavy atom. The van der Waals surface area contributed by atoms with Crippen LogP contribution >= 0.6 is 0 Å². The molecule has 0 radical (unpaired) electrons. The van der Waals surface area contributed by atoms with Crippen LogP contribution in [0, 0.1) is 11.6 Å². The molecule has 1 N–H and O–H groups in total. The Labute approximate surface area is 91.1 Å². The molecule has 2 rings (SSSR count). The molecule has 84 valence electrons. The van der Waals surface area contributed by atoms with Crippen molar-refractivity contribution in [1.29, 1.82) is 0 Å². The average molecular weight is 224 g/mol. The van der Waals surface area contributed by atoms with Gasteiger partial charge in [-0.2, -0.15) is 0 Å². The first kappa shape index (κ1) is 10.8. The zero-order valence-corrected chi connectivity index (χ0v) is 8.41. The van der Waals surface area contributed by atoms with Gasteiger partial charge < -0.3 is 9.84 Å². The molecule has 1 aromatic carbocycles. The largest absolute Gasteiger partial charge is 0.364 e. The van der Waals surface area contributed by atoms with Gasteiger partial charge in [0, 0.05) is 30.8 Å². The summed E-state index contributed by atoms with van der Waals surface area (Å²) in [5, 5.41) is 6.67. The van der Waals surface area contributed by atoms with Crippen LogP contribution in [0.5, 0.6) is 0 Å². The lowest BCUT2D eigenvalue weighted by Gasteiger charge is -2.04. The minimum absolute atomic E-state index is 0.318. The number of benzene rings is 1. The van der Waals surface area contributed by atoms with E-state index in [0.29, 0.717) is 18.7 Å². The molecule has 0 atom stereocenters. The van der Waals surface area contributed by atoms with Crippen molar-refractivity contribution in [3.8, 4) is 0 Å². The predicted molar refractivity (Wildman–Crippen MR) is 53.4 cm³/mol. The molecule has 1 aromatic heterocycles. The molecule has 0 aliphatic rings. The van der Waals surface area contributed by atoms with Crippen LogP contribution in [0.25, 0.3) is 0 Å². The fourth-order valence-corrected chi connectivity index (χ4v) is 1.32. The first-order valence-electron chi connectivity index (χ1n) is 4.79. The summed E-state index contributed by atoms with van der Waals surface area (Å²) in [4.78, 5) is 0. The Kier molecular flexibility index (Phi) is 3.26. The van der Waals surface area contributed by atoms with Crippen molar-refractivity contribution in [2.45, 2.75) is 13.1 Å². The van der Waals surface area contributed by atoms with E-state index in [4.69, 9.17) is 0 Å². The average Bonchev–Trinajstić information content (AvgIpc) is 2.74. The third kappa shape index (κ3) is 2.64. The highest BCUT2D eigenvalue weighted by Gasteiger charge is 2.03. The van der Waals surface area contributed by atoms with Gasteiger partial charge in [0.05, 0.1) is 5.69 Å². The maximum absolute atomic E-state index is 13.2. The SMILES string of the molecule is Fc1ccc(CNCc2ccon2)c(F)c1. The van der Waals surface area contributed by atoms with Crippen molar-refractivity contribution >= 4 is 0 Å². The lowest BCUT2D eigenvalue weighted by molar-refractivity contribution is 0.408. The Hall–Kier alpha value is -1.75. The van der Waals surface area contributed by atoms with Crippen molar-refractivity contribution in [2.75, 3.05) is 0 Å². The van der Waals surface area contributed by atoms with E-state index in [-0.39, 0.29) is 0 Å². The minimum atomic E-state index is -0.572.